The van der Waals surface area contributed by atoms with Gasteiger partial charge in [-0.2, -0.15) is 0 Å². The summed E-state index contributed by atoms with van der Waals surface area (Å²) >= 11 is 0. The van der Waals surface area contributed by atoms with E-state index in [0.717, 1.165) is 37.1 Å². The van der Waals surface area contributed by atoms with Gasteiger partial charge in [-0.1, -0.05) is 29.8 Å². The van der Waals surface area contributed by atoms with Crippen LogP contribution in [0, 0.1) is 6.92 Å². The molecular formula is C19H27Cl2N3O2. The zero-order valence-corrected chi connectivity index (χ0v) is 16.7. The first-order valence-electron chi connectivity index (χ1n) is 8.68. The number of likely N-dealkylation sites (tertiary alicyclic amines) is 1. The molecule has 0 bridgehead atoms. The highest BCUT2D eigenvalue weighted by Gasteiger charge is 2.25. The highest BCUT2D eigenvalue weighted by Crippen LogP contribution is 2.22. The molecule has 1 amide bonds. The number of aromatic nitrogens is 1. The first kappa shape index (κ1) is 22.5. The van der Waals surface area contributed by atoms with Crippen LogP contribution >= 0.6 is 24.8 Å². The zero-order chi connectivity index (χ0) is 16.9. The molecule has 7 heteroatoms. The first-order valence-corrected chi connectivity index (χ1v) is 8.68. The van der Waals surface area contributed by atoms with Crippen LogP contribution in [0.1, 0.15) is 37.1 Å². The molecule has 0 saturated carbocycles. The van der Waals surface area contributed by atoms with Gasteiger partial charge in [0.1, 0.15) is 0 Å². The lowest BCUT2D eigenvalue weighted by atomic mass is 10.0. The van der Waals surface area contributed by atoms with Gasteiger partial charge < -0.3 is 15.1 Å². The van der Waals surface area contributed by atoms with Crippen molar-refractivity contribution in [3.05, 3.63) is 41.9 Å². The monoisotopic (exact) mass is 399 g/mol. The van der Waals surface area contributed by atoms with E-state index in [-0.39, 0.29) is 36.8 Å². The molecule has 0 aliphatic carbocycles. The smallest absolute Gasteiger partial charge is 0.223 e. The van der Waals surface area contributed by atoms with Crippen LogP contribution in [0.25, 0.3) is 11.3 Å². The number of nitrogens with zero attached hydrogens (tertiary/aromatic N) is 2. The van der Waals surface area contributed by atoms with E-state index in [4.69, 9.17) is 10.2 Å². The van der Waals surface area contributed by atoms with Gasteiger partial charge in [-0.15, -0.1) is 24.8 Å². The molecule has 1 saturated heterocycles. The Morgan fingerprint density at radius 3 is 2.69 bits per heavy atom. The molecule has 3 rings (SSSR count). The van der Waals surface area contributed by atoms with Crippen LogP contribution in [-0.2, 0) is 11.2 Å². The zero-order valence-electron chi connectivity index (χ0n) is 15.0. The van der Waals surface area contributed by atoms with Crippen LogP contribution < -0.4 is 5.73 Å². The number of carbonyl (C=O) groups excluding carboxylic acids is 1. The second-order valence-electron chi connectivity index (χ2n) is 6.46. The van der Waals surface area contributed by atoms with Gasteiger partial charge in [0.2, 0.25) is 5.91 Å². The summed E-state index contributed by atoms with van der Waals surface area (Å²) in [6.45, 7) is 3.42. The van der Waals surface area contributed by atoms with Crippen LogP contribution in [0.4, 0.5) is 0 Å². The maximum atomic E-state index is 12.5. The third-order valence-electron chi connectivity index (χ3n) is 4.66. The van der Waals surface area contributed by atoms with Gasteiger partial charge in [-0.25, -0.2) is 4.98 Å². The molecule has 1 aromatic heterocycles. The number of halogens is 2. The van der Waals surface area contributed by atoms with E-state index in [1.807, 2.05) is 29.2 Å². The van der Waals surface area contributed by atoms with E-state index in [9.17, 15) is 4.79 Å². The number of rotatable bonds is 5. The Kier molecular flexibility index (Phi) is 9.13. The fraction of sp³-hybridized carbons (Fsp3) is 0.474. The van der Waals surface area contributed by atoms with Gasteiger partial charge in [-0.05, 0) is 26.2 Å². The number of piperidine rings is 1. The molecule has 0 radical (unpaired) electrons. The molecule has 0 spiro atoms. The van der Waals surface area contributed by atoms with Crippen LogP contribution in [0.2, 0.25) is 0 Å². The minimum Gasteiger partial charge on any atom is -0.441 e. The van der Waals surface area contributed by atoms with Gasteiger partial charge in [0.15, 0.2) is 11.7 Å². The number of nitrogens with two attached hydrogens (primary N) is 1. The summed E-state index contributed by atoms with van der Waals surface area (Å²) in [5, 5.41) is 0. The first-order chi connectivity index (χ1) is 11.7. The summed E-state index contributed by atoms with van der Waals surface area (Å²) in [6, 6.07) is 8.32. The van der Waals surface area contributed by atoms with Gasteiger partial charge in [0.05, 0.1) is 6.20 Å². The van der Waals surface area contributed by atoms with Crippen molar-refractivity contribution < 1.29 is 9.21 Å². The van der Waals surface area contributed by atoms with Crippen molar-refractivity contribution in [2.75, 3.05) is 13.1 Å². The molecule has 2 heterocycles. The van der Waals surface area contributed by atoms with Crippen molar-refractivity contribution in [2.45, 2.75) is 45.1 Å². The maximum Gasteiger partial charge on any atom is 0.223 e. The standard InChI is InChI=1S/C19H25N3O2.2ClH/c1-14-5-7-15(8-6-14)17-13-21-18(24-17)9-10-19(23)22-11-3-2-4-16(22)12-20;;/h5-8,13,16H,2-4,9-12,20H2,1H3;2*1H. The molecular weight excluding hydrogens is 373 g/mol. The average molecular weight is 400 g/mol. The average Bonchev–Trinajstić information content (AvgIpc) is 3.09. The van der Waals surface area contributed by atoms with E-state index in [1.54, 1.807) is 6.20 Å². The molecule has 2 aromatic rings. The summed E-state index contributed by atoms with van der Waals surface area (Å²) in [5.41, 5.74) is 8.01. The Bertz CT molecular complexity index is 688. The molecule has 1 aliphatic rings. The topological polar surface area (TPSA) is 72.4 Å². The molecule has 1 unspecified atom stereocenters. The summed E-state index contributed by atoms with van der Waals surface area (Å²) in [5.74, 6) is 1.51. The number of hydrogen-bond donors (Lipinski definition) is 1. The molecule has 1 atom stereocenters. The lowest BCUT2D eigenvalue weighted by molar-refractivity contribution is -0.134. The van der Waals surface area contributed by atoms with Gasteiger partial charge >= 0.3 is 0 Å². The van der Waals surface area contributed by atoms with E-state index < -0.39 is 0 Å². The van der Waals surface area contributed by atoms with E-state index in [2.05, 4.69) is 11.9 Å². The molecule has 144 valence electrons. The summed E-state index contributed by atoms with van der Waals surface area (Å²) < 4.78 is 5.79. The van der Waals surface area contributed by atoms with Crippen molar-refractivity contribution in [2.24, 2.45) is 5.73 Å². The Morgan fingerprint density at radius 1 is 1.27 bits per heavy atom. The SMILES string of the molecule is Cc1ccc(-c2cnc(CCC(=O)N3CCCCC3CN)o2)cc1.Cl.Cl. The predicted octanol–water partition coefficient (Wildman–Crippen LogP) is 3.77. The van der Waals surface area contributed by atoms with E-state index in [1.165, 1.54) is 5.56 Å². The van der Waals surface area contributed by atoms with Crippen LogP contribution in [0.3, 0.4) is 0 Å². The number of carbonyl (C=O) groups is 1. The lowest BCUT2D eigenvalue weighted by Crippen LogP contribution is -2.47. The quantitative estimate of drug-likeness (QED) is 0.830. The van der Waals surface area contributed by atoms with Crippen molar-refractivity contribution >= 4 is 30.7 Å². The molecule has 2 N–H and O–H groups in total. The number of oxazole rings is 1. The largest absolute Gasteiger partial charge is 0.441 e. The van der Waals surface area contributed by atoms with Crippen molar-refractivity contribution in [3.63, 3.8) is 0 Å². The molecule has 5 nitrogen and oxygen atoms in total. The second kappa shape index (κ2) is 10.6. The second-order valence-corrected chi connectivity index (χ2v) is 6.46. The lowest BCUT2D eigenvalue weighted by Gasteiger charge is -2.35. The van der Waals surface area contributed by atoms with Crippen molar-refractivity contribution in [3.8, 4) is 11.3 Å². The number of benzene rings is 1. The molecule has 1 fully saturated rings. The molecule has 1 aliphatic heterocycles. The highest BCUT2D eigenvalue weighted by molar-refractivity contribution is 5.85. The van der Waals surface area contributed by atoms with Crippen molar-refractivity contribution in [1.29, 1.82) is 0 Å². The molecule has 1 aromatic carbocycles. The van der Waals surface area contributed by atoms with Crippen LogP contribution in [-0.4, -0.2) is 34.9 Å². The van der Waals surface area contributed by atoms with Gasteiger partial charge in [0.25, 0.3) is 0 Å². The molecule has 26 heavy (non-hydrogen) atoms. The summed E-state index contributed by atoms with van der Waals surface area (Å²) in [7, 11) is 0. The summed E-state index contributed by atoms with van der Waals surface area (Å²) in [6.07, 6.45) is 5.92. The minimum absolute atomic E-state index is 0. The normalized spacial score (nSPS) is 16.5. The number of amides is 1. The Balaban J connectivity index is 0.00000169. The third kappa shape index (κ3) is 5.47. The minimum atomic E-state index is 0. The van der Waals surface area contributed by atoms with E-state index >= 15 is 0 Å². The number of aryl methyl sites for hydroxylation is 2. The Hall–Kier alpha value is -1.56. The number of hydrogen-bond acceptors (Lipinski definition) is 4. The Labute approximate surface area is 167 Å². The fourth-order valence-corrected chi connectivity index (χ4v) is 3.21. The van der Waals surface area contributed by atoms with Gasteiger partial charge in [0, 0.05) is 37.5 Å². The predicted molar refractivity (Wildman–Crippen MR) is 108 cm³/mol. The van der Waals surface area contributed by atoms with Crippen LogP contribution in [0.5, 0.6) is 0 Å². The van der Waals surface area contributed by atoms with E-state index in [0.29, 0.717) is 25.3 Å². The third-order valence-corrected chi connectivity index (χ3v) is 4.66. The summed E-state index contributed by atoms with van der Waals surface area (Å²) in [4.78, 5) is 18.7. The Morgan fingerprint density at radius 2 is 2.00 bits per heavy atom. The van der Waals surface area contributed by atoms with Gasteiger partial charge in [-0.3, -0.25) is 4.79 Å². The van der Waals surface area contributed by atoms with Crippen LogP contribution in [0.15, 0.2) is 34.9 Å². The highest BCUT2D eigenvalue weighted by atomic mass is 35.5. The maximum absolute atomic E-state index is 12.5. The fourth-order valence-electron chi connectivity index (χ4n) is 3.21. The van der Waals surface area contributed by atoms with Crippen molar-refractivity contribution in [1.82, 2.24) is 9.88 Å².